The number of rotatable bonds is 2. The lowest BCUT2D eigenvalue weighted by Gasteiger charge is -2.04. The quantitative estimate of drug-likeness (QED) is 0.852. The monoisotopic (exact) mass is 233 g/mol. The van der Waals surface area contributed by atoms with Gasteiger partial charge in [0.2, 0.25) is 0 Å². The van der Waals surface area contributed by atoms with Crippen molar-refractivity contribution in [3.8, 4) is 11.6 Å². The van der Waals surface area contributed by atoms with Crippen molar-refractivity contribution in [3.63, 3.8) is 0 Å². The van der Waals surface area contributed by atoms with Gasteiger partial charge in [0.05, 0.1) is 0 Å². The zero-order valence-corrected chi connectivity index (χ0v) is 9.43. The van der Waals surface area contributed by atoms with Gasteiger partial charge in [-0.2, -0.15) is 19.9 Å². The van der Waals surface area contributed by atoms with Crippen LogP contribution in [0.5, 0.6) is 11.6 Å². The average Bonchev–Trinajstić information content (AvgIpc) is 2.77. The first kappa shape index (κ1) is 12.6. The Morgan fingerprint density at radius 1 is 1.24 bits per heavy atom. The van der Waals surface area contributed by atoms with Crippen LogP contribution in [0.15, 0.2) is 24.4 Å². The SMILES string of the molecule is Cc1ccc(Oc2cn[nH]n2)cc1C.O=C=O. The molecule has 0 spiro atoms. The van der Waals surface area contributed by atoms with Gasteiger partial charge < -0.3 is 4.74 Å². The summed E-state index contributed by atoms with van der Waals surface area (Å²) in [7, 11) is 0. The number of hydrogen-bond acceptors (Lipinski definition) is 5. The Balaban J connectivity index is 0.000000437. The van der Waals surface area contributed by atoms with Crippen LogP contribution in [0.25, 0.3) is 0 Å². The number of nitrogens with one attached hydrogen (secondary N) is 1. The van der Waals surface area contributed by atoms with E-state index < -0.39 is 0 Å². The first-order chi connectivity index (χ1) is 8.17. The summed E-state index contributed by atoms with van der Waals surface area (Å²) in [6, 6.07) is 5.91. The topological polar surface area (TPSA) is 84.9 Å². The number of aromatic amines is 1. The summed E-state index contributed by atoms with van der Waals surface area (Å²) < 4.78 is 5.45. The van der Waals surface area contributed by atoms with Crippen LogP contribution in [0.4, 0.5) is 0 Å². The predicted octanol–water partition coefficient (Wildman–Crippen LogP) is 1.63. The zero-order valence-electron chi connectivity index (χ0n) is 9.43. The maximum Gasteiger partial charge on any atom is 0.373 e. The standard InChI is InChI=1S/C10H11N3O.CO2/c1-7-3-4-9(5-8(7)2)14-10-6-11-13-12-10;2-1-3/h3-6H,1-2H3,(H,11,12,13);. The molecule has 6 heteroatoms. The highest BCUT2D eigenvalue weighted by Gasteiger charge is 2.00. The highest BCUT2D eigenvalue weighted by atomic mass is 16.5. The molecule has 0 unspecified atom stereocenters. The van der Waals surface area contributed by atoms with Gasteiger partial charge in [0, 0.05) is 0 Å². The van der Waals surface area contributed by atoms with Crippen LogP contribution in [-0.4, -0.2) is 21.6 Å². The van der Waals surface area contributed by atoms with Crippen molar-refractivity contribution < 1.29 is 14.3 Å². The molecule has 0 aliphatic carbocycles. The molecule has 88 valence electrons. The Hall–Kier alpha value is -2.46. The van der Waals surface area contributed by atoms with E-state index in [1.807, 2.05) is 25.1 Å². The summed E-state index contributed by atoms with van der Waals surface area (Å²) in [5.74, 6) is 1.26. The molecule has 6 nitrogen and oxygen atoms in total. The summed E-state index contributed by atoms with van der Waals surface area (Å²) in [4.78, 5) is 16.2. The Morgan fingerprint density at radius 3 is 2.47 bits per heavy atom. The third-order valence-corrected chi connectivity index (χ3v) is 2.09. The van der Waals surface area contributed by atoms with Crippen LogP contribution in [-0.2, 0) is 9.59 Å². The second kappa shape index (κ2) is 6.19. The number of hydrogen-bond donors (Lipinski definition) is 1. The van der Waals surface area contributed by atoms with Crippen molar-refractivity contribution in [3.05, 3.63) is 35.5 Å². The fourth-order valence-electron chi connectivity index (χ4n) is 1.14. The molecule has 2 aromatic rings. The van der Waals surface area contributed by atoms with Crippen LogP contribution in [0, 0.1) is 13.8 Å². The molecule has 1 heterocycles. The molecule has 0 bridgehead atoms. The molecule has 0 aliphatic heterocycles. The number of ether oxygens (including phenoxy) is 1. The maximum absolute atomic E-state index is 8.12. The van der Waals surface area contributed by atoms with Gasteiger partial charge in [0.1, 0.15) is 11.9 Å². The van der Waals surface area contributed by atoms with Crippen LogP contribution in [0.2, 0.25) is 0 Å². The van der Waals surface area contributed by atoms with Gasteiger partial charge in [-0.1, -0.05) is 6.07 Å². The van der Waals surface area contributed by atoms with Gasteiger partial charge in [0.25, 0.3) is 5.88 Å². The smallest absolute Gasteiger partial charge is 0.373 e. The molecule has 0 saturated heterocycles. The van der Waals surface area contributed by atoms with E-state index in [4.69, 9.17) is 14.3 Å². The van der Waals surface area contributed by atoms with Gasteiger partial charge in [0.15, 0.2) is 0 Å². The third kappa shape index (κ3) is 3.89. The Morgan fingerprint density at radius 2 is 1.94 bits per heavy atom. The van der Waals surface area contributed by atoms with E-state index in [1.54, 1.807) is 0 Å². The molecule has 1 N–H and O–H groups in total. The average molecular weight is 233 g/mol. The maximum atomic E-state index is 8.12. The number of nitrogens with zero attached hydrogens (tertiary/aromatic N) is 2. The molecule has 0 saturated carbocycles. The van der Waals surface area contributed by atoms with E-state index in [9.17, 15) is 0 Å². The number of benzene rings is 1. The molecule has 1 aromatic heterocycles. The van der Waals surface area contributed by atoms with Crippen molar-refractivity contribution in [2.75, 3.05) is 0 Å². The lowest BCUT2D eigenvalue weighted by molar-refractivity contribution is -0.191. The Bertz CT molecular complexity index is 503. The first-order valence-electron chi connectivity index (χ1n) is 4.77. The van der Waals surface area contributed by atoms with Gasteiger partial charge >= 0.3 is 6.15 Å². The number of aromatic nitrogens is 3. The minimum atomic E-state index is 0.250. The second-order valence-electron chi connectivity index (χ2n) is 3.24. The predicted molar refractivity (Wildman–Crippen MR) is 57.4 cm³/mol. The fourth-order valence-corrected chi connectivity index (χ4v) is 1.14. The van der Waals surface area contributed by atoms with Crippen molar-refractivity contribution in [2.24, 2.45) is 0 Å². The van der Waals surface area contributed by atoms with Crippen molar-refractivity contribution in [2.45, 2.75) is 13.8 Å². The highest BCUT2D eigenvalue weighted by Crippen LogP contribution is 2.20. The second-order valence-corrected chi connectivity index (χ2v) is 3.24. The van der Waals surface area contributed by atoms with Gasteiger partial charge in [-0.3, -0.25) is 0 Å². The largest absolute Gasteiger partial charge is 0.436 e. The summed E-state index contributed by atoms with van der Waals surface area (Å²) in [5.41, 5.74) is 2.45. The first-order valence-corrected chi connectivity index (χ1v) is 4.77. The molecule has 0 fully saturated rings. The Kier molecular flexibility index (Phi) is 4.59. The fraction of sp³-hybridized carbons (Fsp3) is 0.182. The summed E-state index contributed by atoms with van der Waals surface area (Å²) >= 11 is 0. The van der Waals surface area contributed by atoms with Crippen molar-refractivity contribution in [1.82, 2.24) is 15.4 Å². The van der Waals surface area contributed by atoms with E-state index in [0.29, 0.717) is 5.88 Å². The molecular weight excluding hydrogens is 222 g/mol. The zero-order chi connectivity index (χ0) is 12.7. The van der Waals surface area contributed by atoms with E-state index in [2.05, 4.69) is 22.3 Å². The molecule has 1 aromatic carbocycles. The van der Waals surface area contributed by atoms with Gasteiger partial charge in [-0.05, 0) is 37.1 Å². The van der Waals surface area contributed by atoms with E-state index in [0.717, 1.165) is 5.75 Å². The Labute approximate surface area is 97.6 Å². The summed E-state index contributed by atoms with van der Waals surface area (Å²) in [5, 5.41) is 9.95. The minimum absolute atomic E-state index is 0.250. The normalized spacial score (nSPS) is 8.82. The highest BCUT2D eigenvalue weighted by molar-refractivity contribution is 5.35. The van der Waals surface area contributed by atoms with Gasteiger partial charge in [-0.25, -0.2) is 0 Å². The lowest BCUT2D eigenvalue weighted by atomic mass is 10.1. The molecule has 0 atom stereocenters. The molecule has 0 radical (unpaired) electrons. The van der Waals surface area contributed by atoms with Gasteiger partial charge in [-0.15, -0.1) is 5.10 Å². The number of aryl methyl sites for hydroxylation is 2. The molecule has 2 rings (SSSR count). The van der Waals surface area contributed by atoms with Crippen LogP contribution >= 0.6 is 0 Å². The summed E-state index contributed by atoms with van der Waals surface area (Å²) in [6.45, 7) is 4.11. The van der Waals surface area contributed by atoms with E-state index in [-0.39, 0.29) is 6.15 Å². The van der Waals surface area contributed by atoms with Crippen LogP contribution < -0.4 is 4.74 Å². The van der Waals surface area contributed by atoms with Crippen LogP contribution in [0.3, 0.4) is 0 Å². The van der Waals surface area contributed by atoms with E-state index >= 15 is 0 Å². The molecular formula is C11H11N3O3. The molecule has 17 heavy (non-hydrogen) atoms. The number of H-pyrrole nitrogens is 1. The van der Waals surface area contributed by atoms with Crippen LogP contribution in [0.1, 0.15) is 11.1 Å². The van der Waals surface area contributed by atoms with E-state index in [1.165, 1.54) is 17.3 Å². The molecule has 0 amide bonds. The molecule has 0 aliphatic rings. The third-order valence-electron chi connectivity index (χ3n) is 2.09. The minimum Gasteiger partial charge on any atom is -0.436 e. The van der Waals surface area contributed by atoms with Crippen molar-refractivity contribution in [1.29, 1.82) is 0 Å². The number of carbonyl (C=O) groups excluding carboxylic acids is 2. The summed E-state index contributed by atoms with van der Waals surface area (Å²) in [6.07, 6.45) is 1.79. The lowest BCUT2D eigenvalue weighted by Crippen LogP contribution is -1.86. The van der Waals surface area contributed by atoms with Crippen molar-refractivity contribution >= 4 is 6.15 Å².